The van der Waals surface area contributed by atoms with Gasteiger partial charge >= 0.3 is 0 Å². The molecule has 60 heavy (non-hydrogen) atoms. The quantitative estimate of drug-likeness (QED) is 0.159. The first kappa shape index (κ1) is 36.0. The van der Waals surface area contributed by atoms with Gasteiger partial charge in [0.1, 0.15) is 0 Å². The molecule has 2 fully saturated rings. The van der Waals surface area contributed by atoms with E-state index < -0.39 is 0 Å². The zero-order valence-electron chi connectivity index (χ0n) is 35.1. The van der Waals surface area contributed by atoms with E-state index in [-0.39, 0.29) is 10.8 Å². The highest BCUT2D eigenvalue weighted by molar-refractivity contribution is 5.90. The number of hydrogen-bond acceptors (Lipinski definition) is 2. The van der Waals surface area contributed by atoms with Crippen LogP contribution in [0.3, 0.4) is 0 Å². The molecule has 2 saturated carbocycles. The van der Waals surface area contributed by atoms with Crippen molar-refractivity contribution >= 4 is 34.1 Å². The summed E-state index contributed by atoms with van der Waals surface area (Å²) in [6.07, 6.45) is 11.3. The molecule has 7 aromatic rings. The minimum absolute atomic E-state index is 0.0902. The Morgan fingerprint density at radius 2 is 0.983 bits per heavy atom. The van der Waals surface area contributed by atoms with Gasteiger partial charge in [-0.25, -0.2) is 0 Å². The Morgan fingerprint density at radius 3 is 1.65 bits per heavy atom. The lowest BCUT2D eigenvalue weighted by Crippen LogP contribution is -2.34. The zero-order chi connectivity index (χ0) is 40.0. The molecular formula is C58H54N2. The van der Waals surface area contributed by atoms with Crippen LogP contribution in [0.2, 0.25) is 0 Å². The Labute approximate surface area is 356 Å². The Morgan fingerprint density at radius 1 is 0.433 bits per heavy atom. The van der Waals surface area contributed by atoms with E-state index in [1.807, 2.05) is 0 Å². The standard InChI is InChI=1S/C58H54N2/c1-57(2)50-28-14-12-27-48(50)49-35-34-46(38-51(49)57)60(52-29-15-13-26-47(52)39-18-6-3-7-19-39)54-31-17-21-41-37-43-33-32-42-36-40-20-16-30-53(55(40)58(42,43)56(41)54)59(44-22-8-4-9-23-44)45-24-10-5-11-25-45/h4-5,8-17,20-31,34-35,38-39,42-43H,3,6-7,18-19,32-33,36-37H2,1-2H3. The normalized spacial score (nSPS) is 21.7. The molecule has 0 aliphatic heterocycles. The topological polar surface area (TPSA) is 6.48 Å². The summed E-state index contributed by atoms with van der Waals surface area (Å²) in [5.41, 5.74) is 21.0. The van der Waals surface area contributed by atoms with E-state index in [2.05, 4.69) is 187 Å². The molecule has 12 rings (SSSR count). The second-order valence-electron chi connectivity index (χ2n) is 19.0. The lowest BCUT2D eigenvalue weighted by molar-refractivity contribution is 0.350. The summed E-state index contributed by atoms with van der Waals surface area (Å²) in [5, 5.41) is 0. The molecule has 0 aromatic heterocycles. The number of fused-ring (bicyclic) bond motifs is 5. The summed E-state index contributed by atoms with van der Waals surface area (Å²) >= 11 is 0. The smallest absolute Gasteiger partial charge is 0.0505 e. The molecule has 0 amide bonds. The Hall–Kier alpha value is -5.86. The Kier molecular flexibility index (Phi) is 8.32. The second-order valence-corrected chi connectivity index (χ2v) is 19.0. The number of hydrogen-bond donors (Lipinski definition) is 0. The van der Waals surface area contributed by atoms with E-state index in [0.717, 1.165) is 12.8 Å². The first-order valence-corrected chi connectivity index (χ1v) is 22.8. The third kappa shape index (κ3) is 5.19. The van der Waals surface area contributed by atoms with Crippen molar-refractivity contribution in [2.24, 2.45) is 11.8 Å². The minimum atomic E-state index is -0.0933. The van der Waals surface area contributed by atoms with Gasteiger partial charge in [0.05, 0.1) is 11.4 Å². The van der Waals surface area contributed by atoms with Gasteiger partial charge in [0.2, 0.25) is 0 Å². The van der Waals surface area contributed by atoms with Crippen LogP contribution in [0.5, 0.6) is 0 Å². The van der Waals surface area contributed by atoms with E-state index in [4.69, 9.17) is 0 Å². The van der Waals surface area contributed by atoms with Gasteiger partial charge in [-0.05, 0) is 161 Å². The van der Waals surface area contributed by atoms with Crippen molar-refractivity contribution in [3.05, 3.63) is 203 Å². The van der Waals surface area contributed by atoms with Gasteiger partial charge in [-0.1, -0.05) is 142 Å². The fraction of sp³-hybridized carbons (Fsp3) is 0.276. The molecule has 5 aliphatic carbocycles. The maximum atomic E-state index is 2.75. The minimum Gasteiger partial charge on any atom is -0.310 e. The van der Waals surface area contributed by atoms with Gasteiger partial charge < -0.3 is 9.80 Å². The van der Waals surface area contributed by atoms with Gasteiger partial charge in [-0.2, -0.15) is 0 Å². The van der Waals surface area contributed by atoms with Crippen LogP contribution in [-0.4, -0.2) is 0 Å². The van der Waals surface area contributed by atoms with Gasteiger partial charge in [0, 0.05) is 33.6 Å². The summed E-state index contributed by atoms with van der Waals surface area (Å²) in [6.45, 7) is 4.85. The van der Waals surface area contributed by atoms with Crippen molar-refractivity contribution in [1.82, 2.24) is 0 Å². The molecule has 7 aromatic carbocycles. The number of rotatable bonds is 7. The van der Waals surface area contributed by atoms with Crippen LogP contribution < -0.4 is 9.80 Å². The molecule has 1 spiro atoms. The second kappa shape index (κ2) is 13.8. The van der Waals surface area contributed by atoms with E-state index in [1.165, 1.54) is 112 Å². The van der Waals surface area contributed by atoms with Gasteiger partial charge in [-0.3, -0.25) is 0 Å². The number of para-hydroxylation sites is 3. The third-order valence-corrected chi connectivity index (χ3v) is 15.7. The SMILES string of the molecule is CC1(C)c2ccccc2-c2ccc(N(c3ccccc3C3CCCCC3)c3cccc4c3C35c6c(cccc6N(c6ccccc6)c6ccccc6)CC3CCC5C4)cc21. The van der Waals surface area contributed by atoms with Crippen LogP contribution in [-0.2, 0) is 23.7 Å². The zero-order valence-corrected chi connectivity index (χ0v) is 35.1. The van der Waals surface area contributed by atoms with Gasteiger partial charge in [0.15, 0.2) is 0 Å². The molecule has 0 N–H and O–H groups in total. The number of benzene rings is 7. The van der Waals surface area contributed by atoms with Crippen LogP contribution >= 0.6 is 0 Å². The van der Waals surface area contributed by atoms with Crippen molar-refractivity contribution in [1.29, 1.82) is 0 Å². The maximum Gasteiger partial charge on any atom is 0.0505 e. The van der Waals surface area contributed by atoms with Crippen LogP contribution in [0.4, 0.5) is 34.1 Å². The number of nitrogens with zero attached hydrogens (tertiary/aromatic N) is 2. The molecule has 0 radical (unpaired) electrons. The van der Waals surface area contributed by atoms with E-state index in [1.54, 1.807) is 16.7 Å². The lowest BCUT2D eigenvalue weighted by atomic mass is 9.68. The average Bonchev–Trinajstić information content (AvgIpc) is 3.99. The maximum absolute atomic E-state index is 2.75. The molecule has 3 atom stereocenters. The van der Waals surface area contributed by atoms with Crippen LogP contribution in [0.25, 0.3) is 11.1 Å². The predicted molar refractivity (Wildman–Crippen MR) is 250 cm³/mol. The molecule has 0 bridgehead atoms. The molecule has 0 saturated heterocycles. The van der Waals surface area contributed by atoms with Crippen molar-refractivity contribution < 1.29 is 0 Å². The van der Waals surface area contributed by atoms with Crippen molar-refractivity contribution in [3.8, 4) is 11.1 Å². The molecule has 2 nitrogen and oxygen atoms in total. The third-order valence-electron chi connectivity index (χ3n) is 15.7. The fourth-order valence-corrected chi connectivity index (χ4v) is 13.3. The highest BCUT2D eigenvalue weighted by Gasteiger charge is 2.62. The van der Waals surface area contributed by atoms with E-state index >= 15 is 0 Å². The molecular weight excluding hydrogens is 725 g/mol. The molecule has 296 valence electrons. The Bertz CT molecular complexity index is 2710. The molecule has 2 heteroatoms. The van der Waals surface area contributed by atoms with Gasteiger partial charge in [-0.15, -0.1) is 0 Å². The van der Waals surface area contributed by atoms with Crippen LogP contribution in [0.15, 0.2) is 164 Å². The van der Waals surface area contributed by atoms with Crippen molar-refractivity contribution in [3.63, 3.8) is 0 Å². The highest BCUT2D eigenvalue weighted by atomic mass is 15.2. The van der Waals surface area contributed by atoms with Crippen molar-refractivity contribution in [2.75, 3.05) is 9.80 Å². The summed E-state index contributed by atoms with van der Waals surface area (Å²) in [4.78, 5) is 5.31. The largest absolute Gasteiger partial charge is 0.310 e. The fourth-order valence-electron chi connectivity index (χ4n) is 13.3. The van der Waals surface area contributed by atoms with E-state index in [0.29, 0.717) is 17.8 Å². The lowest BCUT2D eigenvalue weighted by Gasteiger charge is -2.40. The van der Waals surface area contributed by atoms with Crippen LogP contribution in [0, 0.1) is 11.8 Å². The predicted octanol–water partition coefficient (Wildman–Crippen LogP) is 15.4. The summed E-state index contributed by atoms with van der Waals surface area (Å²) in [6, 6.07) is 62.9. The molecule has 0 heterocycles. The monoisotopic (exact) mass is 778 g/mol. The summed E-state index contributed by atoms with van der Waals surface area (Å²) < 4.78 is 0. The highest BCUT2D eigenvalue weighted by Crippen LogP contribution is 2.69. The van der Waals surface area contributed by atoms with E-state index in [9.17, 15) is 0 Å². The summed E-state index contributed by atoms with van der Waals surface area (Å²) in [5.74, 6) is 1.68. The Balaban J connectivity index is 1.12. The number of anilines is 6. The molecule has 5 aliphatic rings. The summed E-state index contributed by atoms with van der Waals surface area (Å²) in [7, 11) is 0. The molecule has 3 unspecified atom stereocenters. The van der Waals surface area contributed by atoms with Gasteiger partial charge in [0.25, 0.3) is 0 Å². The van der Waals surface area contributed by atoms with Crippen molar-refractivity contribution in [2.45, 2.75) is 88.4 Å². The average molecular weight is 779 g/mol. The van der Waals surface area contributed by atoms with Crippen LogP contribution in [0.1, 0.15) is 104 Å². The first-order chi connectivity index (χ1) is 29.5. The first-order valence-electron chi connectivity index (χ1n) is 22.8.